The van der Waals surface area contributed by atoms with Gasteiger partial charge in [-0.3, -0.25) is 0 Å². The average Bonchev–Trinajstić information content (AvgIpc) is 2.19. The Hall–Kier alpha value is -1.72. The van der Waals surface area contributed by atoms with Crippen molar-refractivity contribution in [1.29, 1.82) is 0 Å². The van der Waals surface area contributed by atoms with Gasteiger partial charge in [-0.1, -0.05) is 17.1 Å². The summed E-state index contributed by atoms with van der Waals surface area (Å²) in [7, 11) is 0. The summed E-state index contributed by atoms with van der Waals surface area (Å²) < 4.78 is 0. The molecule has 1 aromatic carbocycles. The van der Waals surface area contributed by atoms with Crippen molar-refractivity contribution >= 4 is 11.9 Å². The Bertz CT molecular complexity index is 397. The van der Waals surface area contributed by atoms with Crippen molar-refractivity contribution in [2.24, 2.45) is 4.99 Å². The van der Waals surface area contributed by atoms with Gasteiger partial charge in [-0.15, -0.1) is 0 Å². The minimum Gasteiger partial charge on any atom is -0.0655 e. The van der Waals surface area contributed by atoms with Gasteiger partial charge in [0.05, 0.1) is 17.7 Å². The average molecular weight is 168 g/mol. The third-order valence-electron chi connectivity index (χ3n) is 1.92. The Kier molecular flexibility index (Phi) is 2.03. The fourth-order valence-electron chi connectivity index (χ4n) is 1.29. The fraction of sp³-hybridized carbons (Fsp3) is 0.0833. The lowest BCUT2D eigenvalue weighted by Gasteiger charge is -1.96. The van der Waals surface area contributed by atoms with Crippen LogP contribution < -0.4 is 0 Å². The molecular weight excluding hydrogens is 158 g/mol. The largest absolute Gasteiger partial charge is 0.187 e. The second kappa shape index (κ2) is 3.34. The van der Waals surface area contributed by atoms with Crippen LogP contribution in [0, 0.1) is 6.92 Å². The summed E-state index contributed by atoms with van der Waals surface area (Å²) in [5.74, 6) is 0. The molecule has 0 saturated carbocycles. The molecule has 1 heterocycles. The molecule has 0 spiro atoms. The van der Waals surface area contributed by atoms with Crippen molar-refractivity contribution in [3.05, 3.63) is 53.6 Å². The van der Waals surface area contributed by atoms with Gasteiger partial charge in [-0.2, -0.15) is 0 Å². The first-order valence-electron chi connectivity index (χ1n) is 4.26. The lowest BCUT2D eigenvalue weighted by atomic mass is 10.1. The van der Waals surface area contributed by atoms with E-state index in [1.165, 1.54) is 5.56 Å². The third kappa shape index (κ3) is 1.71. The van der Waals surface area contributed by atoms with Crippen molar-refractivity contribution in [3.63, 3.8) is 0 Å². The number of aliphatic imine (C=N–C) groups is 1. The number of hydrogen-bond donors (Lipinski definition) is 0. The van der Waals surface area contributed by atoms with Crippen molar-refractivity contribution < 1.29 is 0 Å². The summed E-state index contributed by atoms with van der Waals surface area (Å²) in [6, 6.07) is 8.30. The van der Waals surface area contributed by atoms with Gasteiger partial charge in [0, 0.05) is 0 Å². The SMILES string of the molecule is Cc1cccc(C2=CC=C[C+]=N2)c1. The second-order valence-corrected chi connectivity index (χ2v) is 3.02. The molecule has 13 heavy (non-hydrogen) atoms. The molecule has 0 N–H and O–H groups in total. The van der Waals surface area contributed by atoms with Crippen LogP contribution in [0.3, 0.4) is 0 Å². The van der Waals surface area contributed by atoms with Crippen LogP contribution in [-0.2, 0) is 0 Å². The van der Waals surface area contributed by atoms with E-state index in [-0.39, 0.29) is 0 Å². The Labute approximate surface area is 78.1 Å². The topological polar surface area (TPSA) is 12.4 Å². The molecule has 0 atom stereocenters. The quantitative estimate of drug-likeness (QED) is 0.572. The molecule has 0 unspecified atom stereocenters. The summed E-state index contributed by atoms with van der Waals surface area (Å²) in [4.78, 5) is 4.17. The molecule has 0 fully saturated rings. The lowest BCUT2D eigenvalue weighted by Crippen LogP contribution is -1.85. The van der Waals surface area contributed by atoms with Crippen LogP contribution in [0.15, 0.2) is 47.5 Å². The van der Waals surface area contributed by atoms with E-state index in [1.54, 1.807) is 6.08 Å². The first-order chi connectivity index (χ1) is 6.36. The molecule has 62 valence electrons. The first-order valence-corrected chi connectivity index (χ1v) is 4.26. The van der Waals surface area contributed by atoms with E-state index in [0.29, 0.717) is 0 Å². The lowest BCUT2D eigenvalue weighted by molar-refractivity contribution is 1.42. The summed E-state index contributed by atoms with van der Waals surface area (Å²) in [5, 5.41) is 0. The van der Waals surface area contributed by atoms with E-state index in [4.69, 9.17) is 0 Å². The number of nitrogens with zero attached hydrogens (tertiary/aromatic N) is 1. The van der Waals surface area contributed by atoms with Crippen molar-refractivity contribution in [2.45, 2.75) is 6.92 Å². The minimum absolute atomic E-state index is 0.978. The molecule has 0 amide bonds. The van der Waals surface area contributed by atoms with Crippen molar-refractivity contribution in [1.82, 2.24) is 0 Å². The standard InChI is InChI=1S/C12H10N/c1-10-5-4-6-11(9-10)12-7-2-3-8-13-12/h2-7,9H,1H3/q+1. The fourth-order valence-corrected chi connectivity index (χ4v) is 1.29. The maximum absolute atomic E-state index is 4.17. The van der Waals surface area contributed by atoms with Gasteiger partial charge >= 0.3 is 0 Å². The zero-order valence-corrected chi connectivity index (χ0v) is 7.49. The van der Waals surface area contributed by atoms with E-state index in [1.807, 2.05) is 18.2 Å². The second-order valence-electron chi connectivity index (χ2n) is 3.02. The molecular formula is C12H10N+. The van der Waals surface area contributed by atoms with Crippen molar-refractivity contribution in [3.8, 4) is 0 Å². The van der Waals surface area contributed by atoms with Gasteiger partial charge in [0.25, 0.3) is 0 Å². The van der Waals surface area contributed by atoms with Crippen molar-refractivity contribution in [2.75, 3.05) is 0 Å². The van der Waals surface area contributed by atoms with Crippen LogP contribution in [-0.4, -0.2) is 6.21 Å². The maximum Gasteiger partial charge on any atom is 0.187 e. The zero-order valence-electron chi connectivity index (χ0n) is 7.49. The first kappa shape index (κ1) is 7.90. The highest BCUT2D eigenvalue weighted by atomic mass is 14.7. The molecule has 0 saturated heterocycles. The van der Waals surface area contributed by atoms with E-state index in [0.717, 1.165) is 11.3 Å². The van der Waals surface area contributed by atoms with Gasteiger partial charge in [0.1, 0.15) is 6.08 Å². The number of benzene rings is 1. The van der Waals surface area contributed by atoms with E-state index in [9.17, 15) is 0 Å². The molecule has 0 aliphatic carbocycles. The van der Waals surface area contributed by atoms with Gasteiger partial charge < -0.3 is 0 Å². The summed E-state index contributed by atoms with van der Waals surface area (Å²) in [5.41, 5.74) is 3.38. The number of aryl methyl sites for hydroxylation is 1. The van der Waals surface area contributed by atoms with E-state index < -0.39 is 0 Å². The predicted molar refractivity (Wildman–Crippen MR) is 55.7 cm³/mol. The Morgan fingerprint density at radius 1 is 1.31 bits per heavy atom. The summed E-state index contributed by atoms with van der Waals surface area (Å²) >= 11 is 0. The van der Waals surface area contributed by atoms with Crippen LogP contribution in [0.4, 0.5) is 0 Å². The minimum atomic E-state index is 0.978. The Morgan fingerprint density at radius 3 is 2.92 bits per heavy atom. The molecule has 1 aliphatic heterocycles. The van der Waals surface area contributed by atoms with Crippen LogP contribution in [0.1, 0.15) is 11.1 Å². The number of rotatable bonds is 1. The number of hydrogen-bond acceptors (Lipinski definition) is 1. The van der Waals surface area contributed by atoms with Gasteiger partial charge in [-0.05, 0) is 24.6 Å². The summed E-state index contributed by atoms with van der Waals surface area (Å²) in [6.07, 6.45) is 8.57. The molecule has 0 bridgehead atoms. The molecule has 2 rings (SSSR count). The third-order valence-corrected chi connectivity index (χ3v) is 1.92. The number of allylic oxidation sites excluding steroid dienone is 3. The molecule has 0 radical (unpaired) electrons. The van der Waals surface area contributed by atoms with Crippen LogP contribution >= 0.6 is 0 Å². The molecule has 1 heteroatoms. The Morgan fingerprint density at radius 2 is 2.23 bits per heavy atom. The van der Waals surface area contributed by atoms with Crippen LogP contribution in [0.2, 0.25) is 0 Å². The zero-order chi connectivity index (χ0) is 9.10. The maximum atomic E-state index is 4.17. The Balaban J connectivity index is 2.41. The molecule has 1 aliphatic rings. The highest BCUT2D eigenvalue weighted by Crippen LogP contribution is 2.18. The molecule has 0 aromatic heterocycles. The highest BCUT2D eigenvalue weighted by Gasteiger charge is 2.07. The van der Waals surface area contributed by atoms with Gasteiger partial charge in [0.2, 0.25) is 0 Å². The monoisotopic (exact) mass is 168 g/mol. The smallest absolute Gasteiger partial charge is 0.0655 e. The predicted octanol–water partition coefficient (Wildman–Crippen LogP) is 2.85. The normalized spacial score (nSPS) is 13.8. The highest BCUT2D eigenvalue weighted by molar-refractivity contribution is 5.84. The molecule has 1 nitrogen and oxygen atoms in total. The van der Waals surface area contributed by atoms with Gasteiger partial charge in [0.15, 0.2) is 11.9 Å². The van der Waals surface area contributed by atoms with E-state index >= 15 is 0 Å². The van der Waals surface area contributed by atoms with Crippen LogP contribution in [0.5, 0.6) is 0 Å². The van der Waals surface area contributed by atoms with Gasteiger partial charge in [-0.25, -0.2) is 0 Å². The molecule has 1 aromatic rings. The van der Waals surface area contributed by atoms with E-state index in [2.05, 4.69) is 36.3 Å². The summed E-state index contributed by atoms with van der Waals surface area (Å²) in [6.45, 7) is 2.08. The van der Waals surface area contributed by atoms with Crippen LogP contribution in [0.25, 0.3) is 5.70 Å².